The lowest BCUT2D eigenvalue weighted by atomic mass is 10.2. The van der Waals surface area contributed by atoms with E-state index in [1.54, 1.807) is 24.1 Å². The van der Waals surface area contributed by atoms with E-state index in [0.29, 0.717) is 17.4 Å². The maximum absolute atomic E-state index is 12.6. The van der Waals surface area contributed by atoms with Crippen molar-refractivity contribution in [3.05, 3.63) is 67.6 Å². The minimum Gasteiger partial charge on any atom is -0.496 e. The summed E-state index contributed by atoms with van der Waals surface area (Å²) in [7, 11) is 1.62. The van der Waals surface area contributed by atoms with Gasteiger partial charge in [0.1, 0.15) is 5.75 Å². The van der Waals surface area contributed by atoms with E-state index in [1.165, 1.54) is 0 Å². The second kappa shape index (κ2) is 6.22. The fourth-order valence-electron chi connectivity index (χ4n) is 2.30. The molecule has 0 aliphatic rings. The number of benzene rings is 2. The van der Waals surface area contributed by atoms with Gasteiger partial charge in [0.25, 0.3) is 5.56 Å². The first-order valence-electron chi connectivity index (χ1n) is 6.55. The molecule has 0 unspecified atom stereocenters. The van der Waals surface area contributed by atoms with Gasteiger partial charge in [0, 0.05) is 14.5 Å². The van der Waals surface area contributed by atoms with Crippen molar-refractivity contribution < 1.29 is 4.74 Å². The summed E-state index contributed by atoms with van der Waals surface area (Å²) in [5.41, 5.74) is 1.52. The molecule has 0 fully saturated rings. The third-order valence-corrected chi connectivity index (χ3v) is 4.36. The second-order valence-electron chi connectivity index (χ2n) is 4.80. The molecule has 1 aromatic heterocycles. The number of ether oxygens (including phenoxy) is 1. The zero-order valence-corrected chi connectivity index (χ0v) is 14.9. The molecule has 0 radical (unpaired) electrons. The Morgan fingerprint density at radius 2 is 1.86 bits per heavy atom. The molecule has 0 N–H and O–H groups in total. The van der Waals surface area contributed by atoms with Crippen LogP contribution in [0.3, 0.4) is 0 Å². The Bertz CT molecular complexity index is 906. The van der Waals surface area contributed by atoms with Crippen molar-refractivity contribution in [2.75, 3.05) is 7.11 Å². The fourth-order valence-corrected chi connectivity index (χ4v) is 3.07. The molecule has 22 heavy (non-hydrogen) atoms. The average Bonchev–Trinajstić information content (AvgIpc) is 2.51. The van der Waals surface area contributed by atoms with Crippen LogP contribution in [0.15, 0.2) is 56.5 Å². The number of rotatable bonds is 3. The van der Waals surface area contributed by atoms with E-state index in [4.69, 9.17) is 4.74 Å². The first-order valence-corrected chi connectivity index (χ1v) is 8.14. The molecule has 0 spiro atoms. The maximum Gasteiger partial charge on any atom is 0.261 e. The summed E-state index contributed by atoms with van der Waals surface area (Å²) >= 11 is 6.83. The molecule has 0 aliphatic carbocycles. The molecule has 0 amide bonds. The lowest BCUT2D eigenvalue weighted by Crippen LogP contribution is -2.21. The quantitative estimate of drug-likeness (QED) is 0.639. The summed E-state index contributed by atoms with van der Waals surface area (Å²) in [5.74, 6) is 0.740. The monoisotopic (exact) mass is 422 g/mol. The molecule has 3 aromatic rings. The van der Waals surface area contributed by atoms with Gasteiger partial charge in [-0.2, -0.15) is 0 Å². The van der Waals surface area contributed by atoms with Crippen molar-refractivity contribution in [1.29, 1.82) is 0 Å². The topological polar surface area (TPSA) is 44.1 Å². The van der Waals surface area contributed by atoms with Crippen molar-refractivity contribution in [2.45, 2.75) is 6.54 Å². The summed E-state index contributed by atoms with van der Waals surface area (Å²) < 4.78 is 8.73. The number of fused-ring (bicyclic) bond motifs is 1. The highest BCUT2D eigenvalue weighted by atomic mass is 79.9. The summed E-state index contributed by atoms with van der Waals surface area (Å²) in [5, 5.41) is 0.589. The average molecular weight is 424 g/mol. The van der Waals surface area contributed by atoms with Crippen LogP contribution in [0.1, 0.15) is 5.56 Å². The predicted octanol–water partition coefficient (Wildman–Crippen LogP) is 3.98. The Kier molecular flexibility index (Phi) is 4.31. The van der Waals surface area contributed by atoms with Crippen molar-refractivity contribution in [3.8, 4) is 5.75 Å². The first kappa shape index (κ1) is 15.2. The summed E-state index contributed by atoms with van der Waals surface area (Å²) in [6, 6.07) is 11.2. The van der Waals surface area contributed by atoms with E-state index < -0.39 is 0 Å². The molecule has 112 valence electrons. The third kappa shape index (κ3) is 2.94. The van der Waals surface area contributed by atoms with Crippen LogP contribution < -0.4 is 10.3 Å². The Morgan fingerprint density at radius 1 is 1.14 bits per heavy atom. The van der Waals surface area contributed by atoms with Gasteiger partial charge in [-0.05, 0) is 36.4 Å². The van der Waals surface area contributed by atoms with Crippen LogP contribution >= 0.6 is 31.9 Å². The van der Waals surface area contributed by atoms with Crippen LogP contribution in [-0.2, 0) is 6.54 Å². The zero-order valence-electron chi connectivity index (χ0n) is 11.7. The van der Waals surface area contributed by atoms with Gasteiger partial charge in [0.15, 0.2) is 0 Å². The van der Waals surface area contributed by atoms with E-state index >= 15 is 0 Å². The molecule has 0 bridgehead atoms. The maximum atomic E-state index is 12.6. The smallest absolute Gasteiger partial charge is 0.261 e. The SMILES string of the molecule is COc1ccc(Br)cc1Cn1cnc2ccc(Br)cc2c1=O. The zero-order chi connectivity index (χ0) is 15.7. The second-order valence-corrected chi connectivity index (χ2v) is 6.63. The first-order chi connectivity index (χ1) is 10.6. The Morgan fingerprint density at radius 3 is 2.64 bits per heavy atom. The third-order valence-electron chi connectivity index (χ3n) is 3.37. The van der Waals surface area contributed by atoms with Crippen molar-refractivity contribution in [3.63, 3.8) is 0 Å². The number of aromatic nitrogens is 2. The standard InChI is InChI=1S/C16H12Br2N2O2/c1-22-15-5-3-11(17)6-10(15)8-20-9-19-14-4-2-12(18)7-13(14)16(20)21/h2-7,9H,8H2,1H3. The van der Waals surface area contributed by atoms with Crippen LogP contribution in [0, 0.1) is 0 Å². The number of hydrogen-bond donors (Lipinski definition) is 0. The number of methoxy groups -OCH3 is 1. The molecule has 0 atom stereocenters. The molecule has 6 heteroatoms. The van der Waals surface area contributed by atoms with E-state index in [1.807, 2.05) is 30.3 Å². The van der Waals surface area contributed by atoms with E-state index in [0.717, 1.165) is 20.3 Å². The highest BCUT2D eigenvalue weighted by molar-refractivity contribution is 9.10. The highest BCUT2D eigenvalue weighted by Gasteiger charge is 2.09. The molecule has 1 heterocycles. The number of nitrogens with zero attached hydrogens (tertiary/aromatic N) is 2. The van der Waals surface area contributed by atoms with E-state index in [9.17, 15) is 4.79 Å². The lowest BCUT2D eigenvalue weighted by molar-refractivity contribution is 0.408. The molecule has 0 aliphatic heterocycles. The number of halogens is 2. The van der Waals surface area contributed by atoms with Crippen molar-refractivity contribution >= 4 is 42.8 Å². The Labute approximate surface area is 144 Å². The van der Waals surface area contributed by atoms with Gasteiger partial charge in [-0.1, -0.05) is 31.9 Å². The van der Waals surface area contributed by atoms with Crippen LogP contribution in [0.4, 0.5) is 0 Å². The summed E-state index contributed by atoms with van der Waals surface area (Å²) in [6.07, 6.45) is 1.57. The van der Waals surface area contributed by atoms with Crippen LogP contribution in [-0.4, -0.2) is 16.7 Å². The molecule has 0 saturated carbocycles. The van der Waals surface area contributed by atoms with Gasteiger partial charge >= 0.3 is 0 Å². The van der Waals surface area contributed by atoms with Gasteiger partial charge in [-0.25, -0.2) is 4.98 Å². The molecule has 0 saturated heterocycles. The summed E-state index contributed by atoms with van der Waals surface area (Å²) in [4.78, 5) is 17.0. The van der Waals surface area contributed by atoms with Crippen molar-refractivity contribution in [2.24, 2.45) is 0 Å². The molecule has 2 aromatic carbocycles. The van der Waals surface area contributed by atoms with Crippen LogP contribution in [0.5, 0.6) is 5.75 Å². The Balaban J connectivity index is 2.10. The minimum absolute atomic E-state index is 0.0756. The largest absolute Gasteiger partial charge is 0.496 e. The van der Waals surface area contributed by atoms with Gasteiger partial charge in [0.2, 0.25) is 0 Å². The number of hydrogen-bond acceptors (Lipinski definition) is 3. The Hall–Kier alpha value is -1.66. The highest BCUT2D eigenvalue weighted by Crippen LogP contribution is 2.23. The van der Waals surface area contributed by atoms with E-state index in [2.05, 4.69) is 36.8 Å². The molecule has 4 nitrogen and oxygen atoms in total. The molecule has 3 rings (SSSR count). The van der Waals surface area contributed by atoms with Gasteiger partial charge in [-0.15, -0.1) is 0 Å². The summed E-state index contributed by atoms with van der Waals surface area (Å²) in [6.45, 7) is 0.400. The molecular formula is C16H12Br2N2O2. The van der Waals surface area contributed by atoms with Gasteiger partial charge in [-0.3, -0.25) is 9.36 Å². The van der Waals surface area contributed by atoms with Crippen LogP contribution in [0.2, 0.25) is 0 Å². The fraction of sp³-hybridized carbons (Fsp3) is 0.125. The van der Waals surface area contributed by atoms with Crippen molar-refractivity contribution in [1.82, 2.24) is 9.55 Å². The van der Waals surface area contributed by atoms with Gasteiger partial charge in [0.05, 0.1) is 30.9 Å². The molecular weight excluding hydrogens is 412 g/mol. The lowest BCUT2D eigenvalue weighted by Gasteiger charge is -2.11. The minimum atomic E-state index is -0.0756. The predicted molar refractivity (Wildman–Crippen MR) is 93.5 cm³/mol. The normalized spacial score (nSPS) is 10.9. The van der Waals surface area contributed by atoms with Crippen LogP contribution in [0.25, 0.3) is 10.9 Å². The van der Waals surface area contributed by atoms with Gasteiger partial charge < -0.3 is 4.74 Å². The van der Waals surface area contributed by atoms with E-state index in [-0.39, 0.29) is 5.56 Å².